The van der Waals surface area contributed by atoms with E-state index in [2.05, 4.69) is 15.1 Å². The first kappa shape index (κ1) is 12.8. The Hall–Kier alpha value is -1.20. The third-order valence-corrected chi connectivity index (χ3v) is 4.05. The van der Waals surface area contributed by atoms with Crippen LogP contribution in [-0.2, 0) is 4.74 Å². The molecule has 0 spiro atoms. The SMILES string of the molecule is COCC1CCC(n2ncc3cnc(Cl)nc32)CC1. The van der Waals surface area contributed by atoms with Crippen LogP contribution in [0.5, 0.6) is 0 Å². The second kappa shape index (κ2) is 5.43. The van der Waals surface area contributed by atoms with Gasteiger partial charge in [-0.05, 0) is 43.2 Å². The fourth-order valence-electron chi connectivity index (χ4n) is 2.87. The average molecular weight is 281 g/mol. The molecule has 0 aromatic carbocycles. The molecule has 0 unspecified atom stereocenters. The van der Waals surface area contributed by atoms with Crippen LogP contribution < -0.4 is 0 Å². The van der Waals surface area contributed by atoms with E-state index in [1.165, 1.54) is 12.8 Å². The number of aromatic nitrogens is 4. The van der Waals surface area contributed by atoms with Gasteiger partial charge in [0, 0.05) is 19.9 Å². The zero-order valence-electron chi connectivity index (χ0n) is 10.9. The second-order valence-electron chi connectivity index (χ2n) is 5.14. The molecule has 5 nitrogen and oxygen atoms in total. The van der Waals surface area contributed by atoms with E-state index >= 15 is 0 Å². The molecule has 0 amide bonds. The van der Waals surface area contributed by atoms with Crippen molar-refractivity contribution in [3.63, 3.8) is 0 Å². The van der Waals surface area contributed by atoms with Gasteiger partial charge in [0.05, 0.1) is 17.6 Å². The summed E-state index contributed by atoms with van der Waals surface area (Å²) in [5.41, 5.74) is 0.843. The fourth-order valence-corrected chi connectivity index (χ4v) is 3.00. The Morgan fingerprint density at radius 3 is 2.84 bits per heavy atom. The molecule has 0 bridgehead atoms. The lowest BCUT2D eigenvalue weighted by Gasteiger charge is -2.28. The molecule has 1 aliphatic rings. The highest BCUT2D eigenvalue weighted by Crippen LogP contribution is 2.33. The third kappa shape index (κ3) is 2.58. The van der Waals surface area contributed by atoms with E-state index in [9.17, 15) is 0 Å². The van der Waals surface area contributed by atoms with Crippen LogP contribution in [0.1, 0.15) is 31.7 Å². The van der Waals surface area contributed by atoms with E-state index in [4.69, 9.17) is 16.3 Å². The van der Waals surface area contributed by atoms with Crippen molar-refractivity contribution in [2.75, 3.05) is 13.7 Å². The van der Waals surface area contributed by atoms with Gasteiger partial charge in [-0.15, -0.1) is 0 Å². The van der Waals surface area contributed by atoms with Crippen molar-refractivity contribution in [3.8, 4) is 0 Å². The van der Waals surface area contributed by atoms with Crippen LogP contribution in [0.2, 0.25) is 5.28 Å². The smallest absolute Gasteiger partial charge is 0.224 e. The van der Waals surface area contributed by atoms with Crippen molar-refractivity contribution in [2.45, 2.75) is 31.7 Å². The summed E-state index contributed by atoms with van der Waals surface area (Å²) in [4.78, 5) is 8.28. The molecule has 19 heavy (non-hydrogen) atoms. The lowest BCUT2D eigenvalue weighted by molar-refractivity contribution is 0.119. The molecule has 2 aromatic heterocycles. The van der Waals surface area contributed by atoms with E-state index in [1.807, 2.05) is 10.9 Å². The molecule has 0 saturated heterocycles. The molecule has 0 radical (unpaired) electrons. The maximum Gasteiger partial charge on any atom is 0.224 e. The van der Waals surface area contributed by atoms with Gasteiger partial charge >= 0.3 is 0 Å². The van der Waals surface area contributed by atoms with Gasteiger partial charge in [0.15, 0.2) is 5.65 Å². The van der Waals surface area contributed by atoms with Crippen LogP contribution >= 0.6 is 11.6 Å². The number of hydrogen-bond donors (Lipinski definition) is 0. The topological polar surface area (TPSA) is 52.8 Å². The molecule has 1 saturated carbocycles. The number of nitrogens with zero attached hydrogens (tertiary/aromatic N) is 4. The quantitative estimate of drug-likeness (QED) is 0.811. The summed E-state index contributed by atoms with van der Waals surface area (Å²) >= 11 is 5.87. The van der Waals surface area contributed by atoms with Crippen molar-refractivity contribution in [1.29, 1.82) is 0 Å². The number of fused-ring (bicyclic) bond motifs is 1. The van der Waals surface area contributed by atoms with E-state index in [0.717, 1.165) is 30.5 Å². The maximum atomic E-state index is 5.87. The summed E-state index contributed by atoms with van der Waals surface area (Å²) in [5, 5.41) is 5.68. The summed E-state index contributed by atoms with van der Waals surface area (Å²) in [6.45, 7) is 0.862. The summed E-state index contributed by atoms with van der Waals surface area (Å²) in [7, 11) is 1.77. The summed E-state index contributed by atoms with van der Waals surface area (Å²) in [5.74, 6) is 0.682. The Morgan fingerprint density at radius 1 is 1.32 bits per heavy atom. The highest BCUT2D eigenvalue weighted by atomic mass is 35.5. The van der Waals surface area contributed by atoms with Crippen LogP contribution in [0.25, 0.3) is 11.0 Å². The minimum atomic E-state index is 0.280. The lowest BCUT2D eigenvalue weighted by atomic mass is 9.86. The zero-order chi connectivity index (χ0) is 13.2. The van der Waals surface area contributed by atoms with Crippen molar-refractivity contribution < 1.29 is 4.74 Å². The Kier molecular flexibility index (Phi) is 3.66. The normalized spacial score (nSPS) is 23.9. The minimum Gasteiger partial charge on any atom is -0.384 e. The molecule has 0 N–H and O–H groups in total. The molecular weight excluding hydrogens is 264 g/mol. The Balaban J connectivity index is 1.80. The molecule has 0 atom stereocenters. The minimum absolute atomic E-state index is 0.280. The van der Waals surface area contributed by atoms with Crippen molar-refractivity contribution in [3.05, 3.63) is 17.7 Å². The van der Waals surface area contributed by atoms with Crippen molar-refractivity contribution >= 4 is 22.6 Å². The first-order valence-electron chi connectivity index (χ1n) is 6.62. The summed E-state index contributed by atoms with van der Waals surface area (Å²) in [6.07, 6.45) is 8.13. The van der Waals surface area contributed by atoms with E-state index in [1.54, 1.807) is 13.3 Å². The first-order chi connectivity index (χ1) is 9.28. The third-order valence-electron chi connectivity index (χ3n) is 3.87. The number of ether oxygens (including phenoxy) is 1. The van der Waals surface area contributed by atoms with Gasteiger partial charge < -0.3 is 4.74 Å². The number of methoxy groups -OCH3 is 1. The highest BCUT2D eigenvalue weighted by molar-refractivity contribution is 6.28. The molecule has 1 aliphatic carbocycles. The van der Waals surface area contributed by atoms with E-state index < -0.39 is 0 Å². The van der Waals surface area contributed by atoms with E-state index in [0.29, 0.717) is 12.0 Å². The van der Waals surface area contributed by atoms with Crippen LogP contribution in [0.15, 0.2) is 12.4 Å². The molecule has 1 fully saturated rings. The van der Waals surface area contributed by atoms with Crippen molar-refractivity contribution in [1.82, 2.24) is 19.7 Å². The fraction of sp³-hybridized carbons (Fsp3) is 0.615. The Morgan fingerprint density at radius 2 is 2.11 bits per heavy atom. The van der Waals surface area contributed by atoms with Crippen LogP contribution in [0.4, 0.5) is 0 Å². The summed E-state index contributed by atoms with van der Waals surface area (Å²) < 4.78 is 7.24. The average Bonchev–Trinajstić information content (AvgIpc) is 2.83. The van der Waals surface area contributed by atoms with Crippen LogP contribution in [-0.4, -0.2) is 33.5 Å². The molecule has 6 heteroatoms. The van der Waals surface area contributed by atoms with Gasteiger partial charge in [-0.3, -0.25) is 0 Å². The lowest BCUT2D eigenvalue weighted by Crippen LogP contribution is -2.21. The highest BCUT2D eigenvalue weighted by Gasteiger charge is 2.24. The molecule has 3 rings (SSSR count). The van der Waals surface area contributed by atoms with Gasteiger partial charge in [-0.2, -0.15) is 10.1 Å². The van der Waals surface area contributed by atoms with Gasteiger partial charge in [0.2, 0.25) is 5.28 Å². The number of hydrogen-bond acceptors (Lipinski definition) is 4. The van der Waals surface area contributed by atoms with Gasteiger partial charge in [0.1, 0.15) is 0 Å². The predicted molar refractivity (Wildman–Crippen MR) is 73.2 cm³/mol. The predicted octanol–water partition coefficient (Wildman–Crippen LogP) is 2.86. The van der Waals surface area contributed by atoms with Crippen molar-refractivity contribution in [2.24, 2.45) is 5.92 Å². The van der Waals surface area contributed by atoms with Gasteiger partial charge in [0.25, 0.3) is 0 Å². The van der Waals surface area contributed by atoms with Gasteiger partial charge in [-0.1, -0.05) is 0 Å². The maximum absolute atomic E-state index is 5.87. The number of halogens is 1. The molecule has 2 aromatic rings. The van der Waals surface area contributed by atoms with Crippen LogP contribution in [0.3, 0.4) is 0 Å². The second-order valence-corrected chi connectivity index (χ2v) is 5.48. The first-order valence-corrected chi connectivity index (χ1v) is 7.00. The number of rotatable bonds is 3. The Bertz CT molecular complexity index is 563. The molecule has 0 aliphatic heterocycles. The van der Waals surface area contributed by atoms with Crippen LogP contribution in [0, 0.1) is 5.92 Å². The molecule has 102 valence electrons. The monoisotopic (exact) mass is 280 g/mol. The molecular formula is C13H17ClN4O. The van der Waals surface area contributed by atoms with Gasteiger partial charge in [-0.25, -0.2) is 9.67 Å². The standard InChI is InChI=1S/C13H17ClN4O/c1-19-8-9-2-4-11(5-3-9)18-12-10(7-16-18)6-15-13(14)17-12/h6-7,9,11H,2-5,8H2,1H3. The molecule has 2 heterocycles. The zero-order valence-corrected chi connectivity index (χ0v) is 11.7. The van der Waals surface area contributed by atoms with E-state index in [-0.39, 0.29) is 5.28 Å². The summed E-state index contributed by atoms with van der Waals surface area (Å²) in [6, 6.07) is 0.413. The largest absolute Gasteiger partial charge is 0.384 e. The Labute approximate surface area is 116 Å².